The van der Waals surface area contributed by atoms with Crippen molar-refractivity contribution >= 4 is 0 Å². The molecule has 0 saturated heterocycles. The molecule has 1 aromatic heterocycles. The molecule has 0 aliphatic rings. The molecule has 0 aliphatic carbocycles. The smallest absolute Gasteiger partial charge is 0.0507 e. The standard InChI is InChI=1S/C17H21N/c1-12(2)14-8-5-6-9-15(14)16-10-7-11-18-17(16)13(3)4/h5-13H,1-4H3. The highest BCUT2D eigenvalue weighted by molar-refractivity contribution is 5.70. The van der Waals surface area contributed by atoms with E-state index in [9.17, 15) is 0 Å². The van der Waals surface area contributed by atoms with Crippen molar-refractivity contribution in [3.63, 3.8) is 0 Å². The number of pyridine rings is 1. The Labute approximate surface area is 110 Å². The quantitative estimate of drug-likeness (QED) is 0.735. The van der Waals surface area contributed by atoms with Gasteiger partial charge in [0.2, 0.25) is 0 Å². The van der Waals surface area contributed by atoms with Crippen LogP contribution in [0.15, 0.2) is 42.6 Å². The molecule has 0 bridgehead atoms. The molecule has 1 aromatic carbocycles. The van der Waals surface area contributed by atoms with Crippen molar-refractivity contribution in [3.8, 4) is 11.1 Å². The van der Waals surface area contributed by atoms with Gasteiger partial charge in [-0.1, -0.05) is 58.0 Å². The molecule has 18 heavy (non-hydrogen) atoms. The highest BCUT2D eigenvalue weighted by atomic mass is 14.7. The van der Waals surface area contributed by atoms with Gasteiger partial charge in [-0.3, -0.25) is 4.98 Å². The lowest BCUT2D eigenvalue weighted by molar-refractivity contribution is 0.822. The first-order chi connectivity index (χ1) is 8.61. The fourth-order valence-electron chi connectivity index (χ4n) is 2.35. The lowest BCUT2D eigenvalue weighted by Crippen LogP contribution is -1.99. The van der Waals surface area contributed by atoms with E-state index in [4.69, 9.17) is 0 Å². The topological polar surface area (TPSA) is 12.9 Å². The molecule has 0 unspecified atom stereocenters. The summed E-state index contributed by atoms with van der Waals surface area (Å²) >= 11 is 0. The van der Waals surface area contributed by atoms with Crippen molar-refractivity contribution in [2.45, 2.75) is 39.5 Å². The minimum absolute atomic E-state index is 0.446. The molecule has 0 atom stereocenters. The summed E-state index contributed by atoms with van der Waals surface area (Å²) in [5, 5.41) is 0. The van der Waals surface area contributed by atoms with Crippen molar-refractivity contribution in [2.24, 2.45) is 0 Å². The molecule has 2 rings (SSSR count). The second kappa shape index (κ2) is 5.34. The van der Waals surface area contributed by atoms with Crippen molar-refractivity contribution in [1.29, 1.82) is 0 Å². The minimum Gasteiger partial charge on any atom is -0.260 e. The summed E-state index contributed by atoms with van der Waals surface area (Å²) in [6, 6.07) is 12.9. The summed E-state index contributed by atoms with van der Waals surface area (Å²) in [5.41, 5.74) is 5.18. The Morgan fingerprint density at radius 1 is 0.778 bits per heavy atom. The average Bonchev–Trinajstić information content (AvgIpc) is 2.38. The maximum atomic E-state index is 4.56. The molecule has 94 valence electrons. The van der Waals surface area contributed by atoms with Crippen LogP contribution in [-0.2, 0) is 0 Å². The van der Waals surface area contributed by atoms with Crippen LogP contribution in [0.5, 0.6) is 0 Å². The molecular formula is C17H21N. The molecular weight excluding hydrogens is 218 g/mol. The zero-order valence-corrected chi connectivity index (χ0v) is 11.6. The van der Waals surface area contributed by atoms with Crippen LogP contribution >= 0.6 is 0 Å². The van der Waals surface area contributed by atoms with Gasteiger partial charge < -0.3 is 0 Å². The number of aromatic nitrogens is 1. The van der Waals surface area contributed by atoms with Crippen LogP contribution in [0.1, 0.15) is 50.8 Å². The van der Waals surface area contributed by atoms with Gasteiger partial charge in [-0.2, -0.15) is 0 Å². The average molecular weight is 239 g/mol. The molecule has 1 heteroatoms. The fourth-order valence-corrected chi connectivity index (χ4v) is 2.35. The number of hydrogen-bond acceptors (Lipinski definition) is 1. The number of hydrogen-bond donors (Lipinski definition) is 0. The van der Waals surface area contributed by atoms with Crippen molar-refractivity contribution in [1.82, 2.24) is 4.98 Å². The van der Waals surface area contributed by atoms with Crippen molar-refractivity contribution in [2.75, 3.05) is 0 Å². The van der Waals surface area contributed by atoms with Gasteiger partial charge in [-0.15, -0.1) is 0 Å². The van der Waals surface area contributed by atoms with E-state index in [-0.39, 0.29) is 0 Å². The second-order valence-corrected chi connectivity index (χ2v) is 5.33. The third kappa shape index (κ3) is 2.45. The van der Waals surface area contributed by atoms with Gasteiger partial charge in [0, 0.05) is 11.8 Å². The molecule has 0 fully saturated rings. The van der Waals surface area contributed by atoms with Gasteiger partial charge in [0.15, 0.2) is 0 Å². The predicted octanol–water partition coefficient (Wildman–Crippen LogP) is 5.00. The first-order valence-corrected chi connectivity index (χ1v) is 6.65. The summed E-state index contributed by atoms with van der Waals surface area (Å²) in [7, 11) is 0. The third-order valence-corrected chi connectivity index (χ3v) is 3.26. The minimum atomic E-state index is 0.446. The van der Waals surface area contributed by atoms with Gasteiger partial charge in [-0.05, 0) is 29.0 Å². The largest absolute Gasteiger partial charge is 0.260 e. The summed E-state index contributed by atoms with van der Waals surface area (Å²) in [4.78, 5) is 4.56. The van der Waals surface area contributed by atoms with Gasteiger partial charge in [0.1, 0.15) is 0 Å². The summed E-state index contributed by atoms with van der Waals surface area (Å²) in [6.45, 7) is 8.88. The second-order valence-electron chi connectivity index (χ2n) is 5.33. The van der Waals surface area contributed by atoms with E-state index in [0.29, 0.717) is 11.8 Å². The Morgan fingerprint density at radius 2 is 1.44 bits per heavy atom. The van der Waals surface area contributed by atoms with Crippen molar-refractivity contribution < 1.29 is 0 Å². The lowest BCUT2D eigenvalue weighted by atomic mass is 9.90. The Bertz CT molecular complexity index is 477. The predicted molar refractivity (Wildman–Crippen MR) is 77.9 cm³/mol. The maximum absolute atomic E-state index is 4.56. The van der Waals surface area contributed by atoms with Crippen LogP contribution in [0.25, 0.3) is 11.1 Å². The van der Waals surface area contributed by atoms with Crippen LogP contribution in [-0.4, -0.2) is 4.98 Å². The highest BCUT2D eigenvalue weighted by Gasteiger charge is 2.13. The van der Waals surface area contributed by atoms with Crippen molar-refractivity contribution in [3.05, 3.63) is 53.9 Å². The van der Waals surface area contributed by atoms with E-state index >= 15 is 0 Å². The van der Waals surface area contributed by atoms with Crippen LogP contribution in [0.3, 0.4) is 0 Å². The van der Waals surface area contributed by atoms with E-state index in [0.717, 1.165) is 0 Å². The zero-order valence-electron chi connectivity index (χ0n) is 11.6. The lowest BCUT2D eigenvalue weighted by Gasteiger charge is -2.16. The van der Waals surface area contributed by atoms with Gasteiger partial charge in [-0.25, -0.2) is 0 Å². The first kappa shape index (κ1) is 12.8. The van der Waals surface area contributed by atoms with E-state index in [1.165, 1.54) is 22.4 Å². The Hall–Kier alpha value is -1.63. The maximum Gasteiger partial charge on any atom is 0.0507 e. The summed E-state index contributed by atoms with van der Waals surface area (Å²) in [5.74, 6) is 0.975. The molecule has 0 amide bonds. The highest BCUT2D eigenvalue weighted by Crippen LogP contribution is 2.33. The van der Waals surface area contributed by atoms with Crippen LogP contribution < -0.4 is 0 Å². The zero-order chi connectivity index (χ0) is 13.1. The SMILES string of the molecule is CC(C)c1ccccc1-c1cccnc1C(C)C. The number of rotatable bonds is 3. The first-order valence-electron chi connectivity index (χ1n) is 6.65. The fraction of sp³-hybridized carbons (Fsp3) is 0.353. The van der Waals surface area contributed by atoms with Gasteiger partial charge in [0.25, 0.3) is 0 Å². The molecule has 1 heterocycles. The monoisotopic (exact) mass is 239 g/mol. The van der Waals surface area contributed by atoms with Crippen LogP contribution in [0.4, 0.5) is 0 Å². The molecule has 0 N–H and O–H groups in total. The Kier molecular flexibility index (Phi) is 3.81. The molecule has 1 nitrogen and oxygen atoms in total. The van der Waals surface area contributed by atoms with E-state index in [1.807, 2.05) is 12.3 Å². The van der Waals surface area contributed by atoms with E-state index in [1.54, 1.807) is 0 Å². The van der Waals surface area contributed by atoms with E-state index in [2.05, 4.69) is 63.0 Å². The summed E-state index contributed by atoms with van der Waals surface area (Å²) < 4.78 is 0. The Morgan fingerprint density at radius 3 is 2.11 bits per heavy atom. The van der Waals surface area contributed by atoms with Crippen LogP contribution in [0.2, 0.25) is 0 Å². The van der Waals surface area contributed by atoms with E-state index < -0.39 is 0 Å². The number of nitrogens with zero attached hydrogens (tertiary/aromatic N) is 1. The van der Waals surface area contributed by atoms with Gasteiger partial charge >= 0.3 is 0 Å². The Balaban J connectivity index is 2.62. The summed E-state index contributed by atoms with van der Waals surface area (Å²) in [6.07, 6.45) is 1.89. The molecule has 0 aliphatic heterocycles. The van der Waals surface area contributed by atoms with Crippen LogP contribution in [0, 0.1) is 0 Å². The molecule has 0 spiro atoms. The third-order valence-electron chi connectivity index (χ3n) is 3.26. The molecule has 0 radical (unpaired) electrons. The van der Waals surface area contributed by atoms with Gasteiger partial charge in [0.05, 0.1) is 5.69 Å². The molecule has 2 aromatic rings. The molecule has 0 saturated carbocycles. The normalized spacial score (nSPS) is 11.2. The number of benzene rings is 1.